The third kappa shape index (κ3) is 2.28. The van der Waals surface area contributed by atoms with E-state index in [-0.39, 0.29) is 6.04 Å². The minimum atomic E-state index is 0.271. The van der Waals surface area contributed by atoms with Crippen molar-refractivity contribution >= 4 is 31.9 Å². The maximum atomic E-state index is 4.29. The van der Waals surface area contributed by atoms with Gasteiger partial charge in [0.25, 0.3) is 0 Å². The number of halogens is 2. The van der Waals surface area contributed by atoms with E-state index in [0.29, 0.717) is 0 Å². The molecule has 1 rings (SSSR count). The predicted molar refractivity (Wildman–Crippen MR) is 57.1 cm³/mol. The molecule has 0 aromatic carbocycles. The third-order valence-corrected chi connectivity index (χ3v) is 2.75. The van der Waals surface area contributed by atoms with E-state index in [9.17, 15) is 0 Å². The summed E-state index contributed by atoms with van der Waals surface area (Å²) in [6.45, 7) is 2.07. The van der Waals surface area contributed by atoms with Crippen molar-refractivity contribution in [2.24, 2.45) is 0 Å². The average molecular weight is 294 g/mol. The molecular weight excluding hydrogens is 284 g/mol. The van der Waals surface area contributed by atoms with Crippen molar-refractivity contribution in [3.8, 4) is 0 Å². The monoisotopic (exact) mass is 292 g/mol. The zero-order chi connectivity index (χ0) is 9.14. The van der Waals surface area contributed by atoms with Gasteiger partial charge in [0.15, 0.2) is 0 Å². The minimum absolute atomic E-state index is 0.271. The van der Waals surface area contributed by atoms with Gasteiger partial charge in [0, 0.05) is 21.2 Å². The van der Waals surface area contributed by atoms with Gasteiger partial charge in [-0.05, 0) is 51.9 Å². The molecule has 4 heteroatoms. The summed E-state index contributed by atoms with van der Waals surface area (Å²) in [6.07, 6.45) is 1.80. The third-order valence-electron chi connectivity index (χ3n) is 1.68. The summed E-state index contributed by atoms with van der Waals surface area (Å²) in [5, 5.41) is 3.13. The van der Waals surface area contributed by atoms with E-state index in [0.717, 1.165) is 14.6 Å². The lowest BCUT2D eigenvalue weighted by atomic mass is 10.2. The molecule has 0 spiro atoms. The lowest BCUT2D eigenvalue weighted by Gasteiger charge is -2.10. The molecule has 0 radical (unpaired) electrons. The smallest absolute Gasteiger partial charge is 0.0712 e. The van der Waals surface area contributed by atoms with Crippen LogP contribution in [-0.2, 0) is 0 Å². The Balaban J connectivity index is 3.01. The van der Waals surface area contributed by atoms with Gasteiger partial charge < -0.3 is 5.32 Å². The Morgan fingerprint density at radius 3 is 2.67 bits per heavy atom. The maximum Gasteiger partial charge on any atom is 0.0712 e. The first-order valence-electron chi connectivity index (χ1n) is 3.63. The number of nitrogens with zero attached hydrogens (tertiary/aromatic N) is 1. The van der Waals surface area contributed by atoms with Gasteiger partial charge in [0.05, 0.1) is 5.69 Å². The highest BCUT2D eigenvalue weighted by atomic mass is 79.9. The number of nitrogens with one attached hydrogen (secondary N) is 1. The van der Waals surface area contributed by atoms with Gasteiger partial charge in [-0.15, -0.1) is 0 Å². The number of rotatable bonds is 2. The van der Waals surface area contributed by atoms with Gasteiger partial charge in [0.1, 0.15) is 0 Å². The van der Waals surface area contributed by atoms with Crippen LogP contribution >= 0.6 is 31.9 Å². The molecule has 0 unspecified atom stereocenters. The first-order chi connectivity index (χ1) is 5.65. The summed E-state index contributed by atoms with van der Waals surface area (Å²) in [7, 11) is 1.92. The van der Waals surface area contributed by atoms with Crippen LogP contribution < -0.4 is 5.32 Å². The molecule has 0 bridgehead atoms. The first-order valence-corrected chi connectivity index (χ1v) is 5.22. The summed E-state index contributed by atoms with van der Waals surface area (Å²) in [5.74, 6) is 0. The van der Waals surface area contributed by atoms with Crippen molar-refractivity contribution in [1.29, 1.82) is 0 Å². The molecule has 66 valence electrons. The van der Waals surface area contributed by atoms with Gasteiger partial charge in [0.2, 0.25) is 0 Å². The molecule has 1 atom stereocenters. The number of aromatic nitrogens is 1. The Bertz CT molecular complexity index is 276. The highest BCUT2D eigenvalue weighted by molar-refractivity contribution is 9.11. The summed E-state index contributed by atoms with van der Waals surface area (Å²) < 4.78 is 2.01. The van der Waals surface area contributed by atoms with Gasteiger partial charge in [-0.1, -0.05) is 0 Å². The van der Waals surface area contributed by atoms with Gasteiger partial charge >= 0.3 is 0 Å². The SMILES string of the molecule is CN[C@H](C)c1ncc(Br)cc1Br. The standard InChI is InChI=1S/C8H10Br2N2/c1-5(11-2)8-7(10)3-6(9)4-12-8/h3-5,11H,1-2H3/t5-/m1/s1. The zero-order valence-corrected chi connectivity index (χ0v) is 10.1. The fourth-order valence-electron chi connectivity index (χ4n) is 0.880. The number of pyridine rings is 1. The highest BCUT2D eigenvalue weighted by Crippen LogP contribution is 2.23. The minimum Gasteiger partial charge on any atom is -0.312 e. The molecule has 1 heterocycles. The molecule has 0 aliphatic carbocycles. The topological polar surface area (TPSA) is 24.9 Å². The van der Waals surface area contributed by atoms with Crippen molar-refractivity contribution in [2.45, 2.75) is 13.0 Å². The average Bonchev–Trinajstić information content (AvgIpc) is 2.03. The fraction of sp³-hybridized carbons (Fsp3) is 0.375. The van der Waals surface area contributed by atoms with Crippen LogP contribution in [0.25, 0.3) is 0 Å². The van der Waals surface area contributed by atoms with Crippen LogP contribution in [0, 0.1) is 0 Å². The molecule has 0 saturated carbocycles. The number of hydrogen-bond acceptors (Lipinski definition) is 2. The van der Waals surface area contributed by atoms with Crippen LogP contribution in [0.3, 0.4) is 0 Å². The lowest BCUT2D eigenvalue weighted by molar-refractivity contribution is 0.629. The van der Waals surface area contributed by atoms with Crippen molar-refractivity contribution < 1.29 is 0 Å². The number of hydrogen-bond donors (Lipinski definition) is 1. The Hall–Kier alpha value is 0.0700. The predicted octanol–water partition coefficient (Wildman–Crippen LogP) is 2.89. The summed E-state index contributed by atoms with van der Waals surface area (Å²) in [4.78, 5) is 4.29. The van der Waals surface area contributed by atoms with Crippen LogP contribution in [0.4, 0.5) is 0 Å². The normalized spacial score (nSPS) is 13.0. The summed E-state index contributed by atoms with van der Waals surface area (Å²) in [6, 6.07) is 2.27. The molecule has 0 saturated heterocycles. The Morgan fingerprint density at radius 1 is 1.50 bits per heavy atom. The fourth-order valence-corrected chi connectivity index (χ4v) is 2.21. The maximum absolute atomic E-state index is 4.29. The lowest BCUT2D eigenvalue weighted by Crippen LogP contribution is -2.14. The molecular formula is C8H10Br2N2. The molecule has 0 fully saturated rings. The van der Waals surface area contributed by atoms with Crippen LogP contribution in [0.15, 0.2) is 21.2 Å². The van der Waals surface area contributed by atoms with Crippen molar-refractivity contribution in [1.82, 2.24) is 10.3 Å². The van der Waals surface area contributed by atoms with E-state index in [1.165, 1.54) is 0 Å². The molecule has 2 nitrogen and oxygen atoms in total. The summed E-state index contributed by atoms with van der Waals surface area (Å²) >= 11 is 6.81. The molecule has 0 aliphatic heterocycles. The Morgan fingerprint density at radius 2 is 2.17 bits per heavy atom. The second kappa shape index (κ2) is 4.35. The zero-order valence-electron chi connectivity index (χ0n) is 6.94. The molecule has 0 aliphatic rings. The van der Waals surface area contributed by atoms with Gasteiger partial charge in [-0.25, -0.2) is 0 Å². The molecule has 1 aromatic rings. The second-order valence-corrected chi connectivity index (χ2v) is 4.30. The van der Waals surface area contributed by atoms with E-state index >= 15 is 0 Å². The van der Waals surface area contributed by atoms with Gasteiger partial charge in [-0.2, -0.15) is 0 Å². The van der Waals surface area contributed by atoms with Crippen molar-refractivity contribution in [3.05, 3.63) is 26.9 Å². The van der Waals surface area contributed by atoms with Crippen LogP contribution in [0.1, 0.15) is 18.7 Å². The van der Waals surface area contributed by atoms with E-state index in [1.807, 2.05) is 13.1 Å². The largest absolute Gasteiger partial charge is 0.312 e. The van der Waals surface area contributed by atoms with E-state index in [4.69, 9.17) is 0 Å². The van der Waals surface area contributed by atoms with E-state index < -0.39 is 0 Å². The highest BCUT2D eigenvalue weighted by Gasteiger charge is 2.08. The molecule has 1 aromatic heterocycles. The Kier molecular flexibility index (Phi) is 3.68. The Labute approximate surface area is 89.0 Å². The van der Waals surface area contributed by atoms with Crippen LogP contribution in [-0.4, -0.2) is 12.0 Å². The van der Waals surface area contributed by atoms with E-state index in [2.05, 4.69) is 49.1 Å². The second-order valence-electron chi connectivity index (χ2n) is 2.53. The van der Waals surface area contributed by atoms with Crippen molar-refractivity contribution in [3.63, 3.8) is 0 Å². The molecule has 0 amide bonds. The van der Waals surface area contributed by atoms with Crippen LogP contribution in [0.2, 0.25) is 0 Å². The molecule has 1 N–H and O–H groups in total. The summed E-state index contributed by atoms with van der Waals surface area (Å²) in [5.41, 5.74) is 1.03. The van der Waals surface area contributed by atoms with Gasteiger partial charge in [-0.3, -0.25) is 4.98 Å². The quantitative estimate of drug-likeness (QED) is 0.907. The first kappa shape index (κ1) is 10.2. The van der Waals surface area contributed by atoms with E-state index in [1.54, 1.807) is 6.20 Å². The molecule has 12 heavy (non-hydrogen) atoms. The van der Waals surface area contributed by atoms with Crippen molar-refractivity contribution in [2.75, 3.05) is 7.05 Å². The van der Waals surface area contributed by atoms with Crippen LogP contribution in [0.5, 0.6) is 0 Å².